The minimum absolute atomic E-state index is 0.0153. The van der Waals surface area contributed by atoms with Gasteiger partial charge in [-0.3, -0.25) is 14.4 Å². The van der Waals surface area contributed by atoms with E-state index in [1.165, 1.54) is 0 Å². The van der Waals surface area contributed by atoms with Crippen LogP contribution in [0.3, 0.4) is 0 Å². The van der Waals surface area contributed by atoms with Crippen molar-refractivity contribution in [2.24, 2.45) is 5.92 Å². The van der Waals surface area contributed by atoms with E-state index >= 15 is 0 Å². The summed E-state index contributed by atoms with van der Waals surface area (Å²) >= 11 is 0. The van der Waals surface area contributed by atoms with Crippen LogP contribution in [0.1, 0.15) is 37.3 Å². The molecule has 0 spiro atoms. The molecule has 0 aromatic heterocycles. The predicted molar refractivity (Wildman–Crippen MR) is 132 cm³/mol. The van der Waals surface area contributed by atoms with Crippen LogP contribution >= 0.6 is 0 Å². The van der Waals surface area contributed by atoms with Crippen LogP contribution < -0.4 is 14.7 Å². The molecule has 2 aromatic carbocycles. The highest BCUT2D eigenvalue weighted by Crippen LogP contribution is 2.47. The normalized spacial score (nSPS) is 22.5. The molecular weight excluding hydrogens is 446 g/mol. The van der Waals surface area contributed by atoms with Gasteiger partial charge in [-0.05, 0) is 42.3 Å². The average Bonchev–Trinajstić information content (AvgIpc) is 3.05. The number of hydrogen-bond acceptors (Lipinski definition) is 5. The number of amides is 3. The number of carbonyl (C=O) groups excluding carboxylic acids is 3. The van der Waals surface area contributed by atoms with Crippen molar-refractivity contribution < 1.29 is 24.6 Å². The van der Waals surface area contributed by atoms with E-state index < -0.39 is 17.4 Å². The van der Waals surface area contributed by atoms with Crippen LogP contribution in [0.25, 0.3) is 0 Å². The fourth-order valence-corrected chi connectivity index (χ4v) is 4.91. The van der Waals surface area contributed by atoms with E-state index in [2.05, 4.69) is 0 Å². The molecule has 3 aliphatic heterocycles. The van der Waals surface area contributed by atoms with Gasteiger partial charge in [-0.15, -0.1) is 0 Å². The summed E-state index contributed by atoms with van der Waals surface area (Å²) in [6, 6.07) is 12.9. The van der Waals surface area contributed by atoms with Gasteiger partial charge in [0.05, 0.1) is 12.2 Å². The van der Waals surface area contributed by atoms with E-state index in [1.54, 1.807) is 45.9 Å². The van der Waals surface area contributed by atoms with E-state index in [1.807, 2.05) is 30.3 Å². The van der Waals surface area contributed by atoms with Crippen molar-refractivity contribution in [3.8, 4) is 0 Å². The lowest BCUT2D eigenvalue weighted by Crippen LogP contribution is -2.45. The summed E-state index contributed by atoms with van der Waals surface area (Å²) in [7, 11) is 0. The number of rotatable bonds is 8. The standard InChI is InChI=1S/C27H29N3O5/c1-18(4-2-3-15-31)27(35)22-16-21(29-14-12-25(29)33)9-10-23(22)30(26(27)34)17-19-5-7-20(8-6-19)28-13-11-24(28)32/h2,4-10,16,18,31,35H,3,11-15,17H2,1H3/b4-2+/t18-,27+/m0/s1. The Hall–Kier alpha value is -3.49. The Bertz CT molecular complexity index is 1210. The molecule has 2 fully saturated rings. The summed E-state index contributed by atoms with van der Waals surface area (Å²) in [6.45, 7) is 3.35. The van der Waals surface area contributed by atoms with Crippen molar-refractivity contribution in [3.63, 3.8) is 0 Å². The first-order valence-corrected chi connectivity index (χ1v) is 12.0. The number of aliphatic hydroxyl groups is 2. The van der Waals surface area contributed by atoms with E-state index in [0.29, 0.717) is 49.3 Å². The molecule has 0 radical (unpaired) electrons. The maximum atomic E-state index is 13.7. The van der Waals surface area contributed by atoms with Gasteiger partial charge in [0.1, 0.15) is 0 Å². The third-order valence-electron chi connectivity index (χ3n) is 7.23. The topological polar surface area (TPSA) is 101 Å². The zero-order valence-electron chi connectivity index (χ0n) is 19.7. The van der Waals surface area contributed by atoms with Crippen LogP contribution in [0, 0.1) is 5.92 Å². The Balaban J connectivity index is 1.47. The molecule has 35 heavy (non-hydrogen) atoms. The largest absolute Gasteiger partial charge is 0.396 e. The van der Waals surface area contributed by atoms with Gasteiger partial charge in [-0.2, -0.15) is 0 Å². The Labute approximate surface area is 204 Å². The molecule has 5 rings (SSSR count). The highest BCUT2D eigenvalue weighted by molar-refractivity contribution is 6.08. The van der Waals surface area contributed by atoms with Crippen LogP contribution in [0.2, 0.25) is 0 Å². The lowest BCUT2D eigenvalue weighted by molar-refractivity contribution is -0.139. The monoisotopic (exact) mass is 475 g/mol. The van der Waals surface area contributed by atoms with E-state index in [9.17, 15) is 19.5 Å². The summed E-state index contributed by atoms with van der Waals surface area (Å²) in [6.07, 6.45) is 5.00. The molecule has 2 saturated heterocycles. The second kappa shape index (κ2) is 8.94. The van der Waals surface area contributed by atoms with Gasteiger partial charge in [0.2, 0.25) is 11.8 Å². The van der Waals surface area contributed by atoms with Gasteiger partial charge in [0.15, 0.2) is 5.60 Å². The number of anilines is 3. The lowest BCUT2D eigenvalue weighted by Gasteiger charge is -2.32. The highest BCUT2D eigenvalue weighted by Gasteiger charge is 2.52. The summed E-state index contributed by atoms with van der Waals surface area (Å²) in [4.78, 5) is 42.4. The van der Waals surface area contributed by atoms with Gasteiger partial charge in [-0.1, -0.05) is 31.2 Å². The van der Waals surface area contributed by atoms with Crippen LogP contribution in [0.4, 0.5) is 17.1 Å². The minimum atomic E-state index is -1.80. The molecule has 8 heteroatoms. The van der Waals surface area contributed by atoms with Crippen molar-refractivity contribution >= 4 is 34.8 Å². The van der Waals surface area contributed by atoms with Crippen LogP contribution in [0.5, 0.6) is 0 Å². The average molecular weight is 476 g/mol. The number of hydrogen-bond donors (Lipinski definition) is 2. The van der Waals surface area contributed by atoms with Crippen molar-refractivity contribution in [1.29, 1.82) is 0 Å². The first-order valence-electron chi connectivity index (χ1n) is 12.0. The predicted octanol–water partition coefficient (Wildman–Crippen LogP) is 2.47. The molecule has 3 heterocycles. The summed E-state index contributed by atoms with van der Waals surface area (Å²) < 4.78 is 0. The van der Waals surface area contributed by atoms with Gasteiger partial charge in [-0.25, -0.2) is 0 Å². The Morgan fingerprint density at radius 2 is 1.60 bits per heavy atom. The number of aliphatic hydroxyl groups excluding tert-OH is 1. The number of β-lactam (4-membered cyclic amide) rings is 2. The fraction of sp³-hybridized carbons (Fsp3) is 0.370. The van der Waals surface area contributed by atoms with Crippen molar-refractivity contribution in [2.75, 3.05) is 34.4 Å². The third kappa shape index (κ3) is 3.83. The minimum Gasteiger partial charge on any atom is -0.396 e. The molecule has 0 unspecified atom stereocenters. The second-order valence-corrected chi connectivity index (χ2v) is 9.35. The summed E-state index contributed by atoms with van der Waals surface area (Å²) in [5, 5.41) is 20.9. The number of fused-ring (bicyclic) bond motifs is 1. The van der Waals surface area contributed by atoms with Crippen molar-refractivity contribution in [3.05, 3.63) is 65.7 Å². The van der Waals surface area contributed by atoms with Gasteiger partial charge >= 0.3 is 0 Å². The summed E-state index contributed by atoms with van der Waals surface area (Å²) in [5.41, 5.74) is 1.66. The van der Waals surface area contributed by atoms with E-state index in [-0.39, 0.29) is 25.0 Å². The van der Waals surface area contributed by atoms with Crippen molar-refractivity contribution in [1.82, 2.24) is 0 Å². The Morgan fingerprint density at radius 1 is 0.971 bits per heavy atom. The van der Waals surface area contributed by atoms with Crippen LogP contribution in [-0.2, 0) is 26.5 Å². The first-order chi connectivity index (χ1) is 16.8. The molecule has 0 bridgehead atoms. The van der Waals surface area contributed by atoms with Gasteiger partial charge in [0, 0.05) is 55.4 Å². The maximum Gasteiger partial charge on any atom is 0.264 e. The fourth-order valence-electron chi connectivity index (χ4n) is 4.91. The zero-order chi connectivity index (χ0) is 24.7. The molecule has 2 N–H and O–H groups in total. The smallest absolute Gasteiger partial charge is 0.264 e. The summed E-state index contributed by atoms with van der Waals surface area (Å²) in [5.74, 6) is -0.854. The third-order valence-corrected chi connectivity index (χ3v) is 7.23. The Kier molecular flexibility index (Phi) is 5.94. The molecule has 2 atom stereocenters. The van der Waals surface area contributed by atoms with E-state index in [0.717, 1.165) is 11.3 Å². The molecule has 0 aliphatic carbocycles. The molecule has 182 valence electrons. The van der Waals surface area contributed by atoms with Crippen LogP contribution in [0.15, 0.2) is 54.6 Å². The second-order valence-electron chi connectivity index (χ2n) is 9.35. The molecule has 0 saturated carbocycles. The Morgan fingerprint density at radius 3 is 2.17 bits per heavy atom. The number of nitrogens with zero attached hydrogens (tertiary/aromatic N) is 3. The lowest BCUT2D eigenvalue weighted by atomic mass is 9.82. The maximum absolute atomic E-state index is 13.7. The number of carbonyl (C=O) groups is 3. The quantitative estimate of drug-likeness (QED) is 0.451. The van der Waals surface area contributed by atoms with Gasteiger partial charge in [0.25, 0.3) is 5.91 Å². The van der Waals surface area contributed by atoms with Crippen LogP contribution in [-0.4, -0.2) is 47.6 Å². The highest BCUT2D eigenvalue weighted by atomic mass is 16.3. The van der Waals surface area contributed by atoms with E-state index in [4.69, 9.17) is 5.11 Å². The molecule has 3 amide bonds. The molecule has 3 aliphatic rings. The SMILES string of the molecule is C[C@@H](/C=C/CCO)[C@]1(O)C(=O)N(Cc2ccc(N3CCC3=O)cc2)c2ccc(N3CCC3=O)cc21. The molecular formula is C27H29N3O5. The van der Waals surface area contributed by atoms with Crippen molar-refractivity contribution in [2.45, 2.75) is 38.3 Å². The molecule has 8 nitrogen and oxygen atoms in total. The van der Waals surface area contributed by atoms with Gasteiger partial charge < -0.3 is 24.9 Å². The molecule has 2 aromatic rings. The zero-order valence-corrected chi connectivity index (χ0v) is 19.7. The number of benzene rings is 2. The first kappa shape index (κ1) is 23.3.